The van der Waals surface area contributed by atoms with Crippen molar-refractivity contribution in [2.45, 2.75) is 33.4 Å². The van der Waals surface area contributed by atoms with Gasteiger partial charge in [-0.2, -0.15) is 0 Å². The molecule has 0 aliphatic carbocycles. The standard InChI is InChI=1S/C15H19NS/c1-11(2)16-9-13-6-4-5-7-15(13)14-8-12(3)17-10-14/h4-8,10-11,16H,9H2,1-3H3. The Morgan fingerprint density at radius 2 is 2.00 bits per heavy atom. The van der Waals surface area contributed by atoms with Crippen LogP contribution in [0.5, 0.6) is 0 Å². The molecule has 0 aliphatic heterocycles. The normalized spacial score (nSPS) is 11.1. The van der Waals surface area contributed by atoms with Gasteiger partial charge in [-0.15, -0.1) is 11.3 Å². The smallest absolute Gasteiger partial charge is 0.0214 e. The molecule has 90 valence electrons. The number of thiophene rings is 1. The summed E-state index contributed by atoms with van der Waals surface area (Å²) in [5.41, 5.74) is 4.07. The van der Waals surface area contributed by atoms with E-state index in [4.69, 9.17) is 0 Å². The lowest BCUT2D eigenvalue weighted by molar-refractivity contribution is 0.589. The van der Waals surface area contributed by atoms with Gasteiger partial charge in [-0.25, -0.2) is 0 Å². The summed E-state index contributed by atoms with van der Waals surface area (Å²) >= 11 is 1.81. The Hall–Kier alpha value is -1.12. The average Bonchev–Trinajstić information content (AvgIpc) is 2.73. The van der Waals surface area contributed by atoms with E-state index in [-0.39, 0.29) is 0 Å². The Morgan fingerprint density at radius 1 is 1.24 bits per heavy atom. The predicted molar refractivity (Wildman–Crippen MR) is 76.5 cm³/mol. The van der Waals surface area contributed by atoms with Gasteiger partial charge in [0.15, 0.2) is 0 Å². The number of aryl methyl sites for hydroxylation is 1. The van der Waals surface area contributed by atoms with E-state index in [0.29, 0.717) is 6.04 Å². The zero-order valence-corrected chi connectivity index (χ0v) is 11.5. The highest BCUT2D eigenvalue weighted by Crippen LogP contribution is 2.28. The van der Waals surface area contributed by atoms with Crippen molar-refractivity contribution >= 4 is 11.3 Å². The van der Waals surface area contributed by atoms with Crippen LogP contribution in [0.4, 0.5) is 0 Å². The van der Waals surface area contributed by atoms with E-state index in [2.05, 4.69) is 61.8 Å². The molecular weight excluding hydrogens is 226 g/mol. The van der Waals surface area contributed by atoms with Gasteiger partial charge < -0.3 is 5.32 Å². The molecule has 1 heterocycles. The highest BCUT2D eigenvalue weighted by atomic mass is 32.1. The molecule has 1 aromatic carbocycles. The van der Waals surface area contributed by atoms with Gasteiger partial charge in [0.05, 0.1) is 0 Å². The minimum Gasteiger partial charge on any atom is -0.310 e. The maximum absolute atomic E-state index is 3.48. The Bertz CT molecular complexity index is 485. The molecule has 1 aromatic heterocycles. The minimum absolute atomic E-state index is 0.521. The van der Waals surface area contributed by atoms with Crippen molar-refractivity contribution < 1.29 is 0 Å². The second kappa shape index (κ2) is 5.48. The number of hydrogen-bond donors (Lipinski definition) is 1. The predicted octanol–water partition coefficient (Wildman–Crippen LogP) is 4.22. The van der Waals surface area contributed by atoms with Gasteiger partial charge in [0, 0.05) is 17.5 Å². The number of benzene rings is 1. The van der Waals surface area contributed by atoms with E-state index in [9.17, 15) is 0 Å². The summed E-state index contributed by atoms with van der Waals surface area (Å²) < 4.78 is 0. The van der Waals surface area contributed by atoms with Crippen molar-refractivity contribution in [2.75, 3.05) is 0 Å². The van der Waals surface area contributed by atoms with Crippen LogP contribution in [0.25, 0.3) is 11.1 Å². The summed E-state index contributed by atoms with van der Waals surface area (Å²) in [6, 6.07) is 11.4. The second-order valence-electron chi connectivity index (χ2n) is 4.64. The van der Waals surface area contributed by atoms with Crippen LogP contribution in [0.2, 0.25) is 0 Å². The molecule has 0 unspecified atom stereocenters. The summed E-state index contributed by atoms with van der Waals surface area (Å²) in [6.45, 7) is 7.45. The zero-order chi connectivity index (χ0) is 12.3. The Morgan fingerprint density at radius 3 is 2.65 bits per heavy atom. The fourth-order valence-electron chi connectivity index (χ4n) is 1.85. The molecule has 1 N–H and O–H groups in total. The first kappa shape index (κ1) is 12.3. The first-order valence-corrected chi connectivity index (χ1v) is 6.91. The van der Waals surface area contributed by atoms with Gasteiger partial charge in [-0.05, 0) is 35.1 Å². The highest BCUT2D eigenvalue weighted by molar-refractivity contribution is 7.10. The van der Waals surface area contributed by atoms with Gasteiger partial charge >= 0.3 is 0 Å². The molecule has 2 rings (SSSR count). The molecule has 0 saturated heterocycles. The number of nitrogens with one attached hydrogen (secondary N) is 1. The Balaban J connectivity index is 2.27. The molecule has 17 heavy (non-hydrogen) atoms. The van der Waals surface area contributed by atoms with E-state index >= 15 is 0 Å². The van der Waals surface area contributed by atoms with E-state index in [0.717, 1.165) is 6.54 Å². The molecule has 0 bridgehead atoms. The summed E-state index contributed by atoms with van der Waals surface area (Å²) in [5, 5.41) is 5.72. The number of hydrogen-bond acceptors (Lipinski definition) is 2. The molecule has 0 atom stereocenters. The summed E-state index contributed by atoms with van der Waals surface area (Å²) in [4.78, 5) is 1.37. The van der Waals surface area contributed by atoms with Crippen LogP contribution in [0.1, 0.15) is 24.3 Å². The molecule has 0 spiro atoms. The van der Waals surface area contributed by atoms with Crippen LogP contribution in [0, 0.1) is 6.92 Å². The zero-order valence-electron chi connectivity index (χ0n) is 10.7. The van der Waals surface area contributed by atoms with Crippen LogP contribution in [0.3, 0.4) is 0 Å². The third kappa shape index (κ3) is 3.18. The lowest BCUT2D eigenvalue weighted by Gasteiger charge is -2.11. The van der Waals surface area contributed by atoms with Crippen LogP contribution in [-0.4, -0.2) is 6.04 Å². The molecule has 2 heteroatoms. The van der Waals surface area contributed by atoms with Gasteiger partial charge in [0.1, 0.15) is 0 Å². The van der Waals surface area contributed by atoms with Gasteiger partial charge in [0.25, 0.3) is 0 Å². The molecule has 0 aliphatic rings. The van der Waals surface area contributed by atoms with Crippen molar-refractivity contribution in [2.24, 2.45) is 0 Å². The van der Waals surface area contributed by atoms with Crippen LogP contribution >= 0.6 is 11.3 Å². The van der Waals surface area contributed by atoms with Crippen LogP contribution in [-0.2, 0) is 6.54 Å². The van der Waals surface area contributed by atoms with E-state index in [1.807, 2.05) is 11.3 Å². The van der Waals surface area contributed by atoms with E-state index in [1.165, 1.54) is 21.6 Å². The number of rotatable bonds is 4. The molecule has 2 aromatic rings. The van der Waals surface area contributed by atoms with Gasteiger partial charge in [0.2, 0.25) is 0 Å². The summed E-state index contributed by atoms with van der Waals surface area (Å²) in [7, 11) is 0. The fraction of sp³-hybridized carbons (Fsp3) is 0.333. The van der Waals surface area contributed by atoms with Crippen LogP contribution in [0.15, 0.2) is 35.7 Å². The third-order valence-corrected chi connectivity index (χ3v) is 3.62. The van der Waals surface area contributed by atoms with Gasteiger partial charge in [-0.1, -0.05) is 38.1 Å². The molecule has 0 amide bonds. The fourth-order valence-corrected chi connectivity index (χ4v) is 2.56. The lowest BCUT2D eigenvalue weighted by Crippen LogP contribution is -2.22. The largest absolute Gasteiger partial charge is 0.310 e. The quantitative estimate of drug-likeness (QED) is 0.850. The van der Waals surface area contributed by atoms with E-state index in [1.54, 1.807) is 0 Å². The highest BCUT2D eigenvalue weighted by Gasteiger charge is 2.06. The lowest BCUT2D eigenvalue weighted by atomic mass is 10.0. The van der Waals surface area contributed by atoms with Crippen molar-refractivity contribution in [3.63, 3.8) is 0 Å². The van der Waals surface area contributed by atoms with Crippen molar-refractivity contribution in [3.05, 3.63) is 46.2 Å². The molecule has 0 fully saturated rings. The Kier molecular flexibility index (Phi) is 3.97. The van der Waals surface area contributed by atoms with Crippen molar-refractivity contribution in [3.8, 4) is 11.1 Å². The van der Waals surface area contributed by atoms with Crippen molar-refractivity contribution in [1.82, 2.24) is 5.32 Å². The Labute approximate surface area is 108 Å². The second-order valence-corrected chi connectivity index (χ2v) is 5.75. The SMILES string of the molecule is Cc1cc(-c2ccccc2CNC(C)C)cs1. The maximum Gasteiger partial charge on any atom is 0.0214 e. The summed E-state index contributed by atoms with van der Waals surface area (Å²) in [5.74, 6) is 0. The summed E-state index contributed by atoms with van der Waals surface area (Å²) in [6.07, 6.45) is 0. The molecule has 0 saturated carbocycles. The van der Waals surface area contributed by atoms with Crippen LogP contribution < -0.4 is 5.32 Å². The first-order valence-electron chi connectivity index (χ1n) is 6.03. The minimum atomic E-state index is 0.521. The first-order chi connectivity index (χ1) is 8.16. The topological polar surface area (TPSA) is 12.0 Å². The maximum atomic E-state index is 3.48. The molecular formula is C15H19NS. The van der Waals surface area contributed by atoms with Crippen molar-refractivity contribution in [1.29, 1.82) is 0 Å². The average molecular weight is 245 g/mol. The van der Waals surface area contributed by atoms with Gasteiger partial charge in [-0.3, -0.25) is 0 Å². The van der Waals surface area contributed by atoms with E-state index < -0.39 is 0 Å². The molecule has 0 radical (unpaired) electrons. The monoisotopic (exact) mass is 245 g/mol. The molecule has 1 nitrogen and oxygen atoms in total. The third-order valence-electron chi connectivity index (χ3n) is 2.76.